The molecule has 2 aliphatic rings. The molecule has 0 radical (unpaired) electrons. The van der Waals surface area contributed by atoms with Crippen molar-refractivity contribution < 1.29 is 5.32 Å². The van der Waals surface area contributed by atoms with E-state index in [4.69, 9.17) is 17.1 Å². The zero-order valence-corrected chi connectivity index (χ0v) is 13.9. The first-order valence-electron chi connectivity index (χ1n) is 7.88. The SMILES string of the molecule is CC1([NH2+]CC2CC2)CC=C(C#Cc2ccccn2)C(Cl)=C1N=N. The van der Waals surface area contributed by atoms with E-state index >= 15 is 0 Å². The molecule has 3 rings (SSSR count). The first-order valence-corrected chi connectivity index (χ1v) is 8.26. The van der Waals surface area contributed by atoms with E-state index in [0.29, 0.717) is 16.4 Å². The second kappa shape index (κ2) is 6.66. The Morgan fingerprint density at radius 2 is 2.26 bits per heavy atom. The maximum atomic E-state index is 7.55. The van der Waals surface area contributed by atoms with Crippen molar-refractivity contribution in [2.24, 2.45) is 11.0 Å². The lowest BCUT2D eigenvalue weighted by Gasteiger charge is -2.30. The van der Waals surface area contributed by atoms with Crippen LogP contribution >= 0.6 is 11.6 Å². The fourth-order valence-corrected chi connectivity index (χ4v) is 3.07. The lowest BCUT2D eigenvalue weighted by molar-refractivity contribution is -0.717. The van der Waals surface area contributed by atoms with Gasteiger partial charge in [-0.15, -0.1) is 0 Å². The summed E-state index contributed by atoms with van der Waals surface area (Å²) in [6.07, 6.45) is 7.17. The van der Waals surface area contributed by atoms with Crippen LogP contribution in [0.1, 0.15) is 31.9 Å². The molecule has 0 amide bonds. The summed E-state index contributed by atoms with van der Waals surface area (Å²) in [7, 11) is 0. The van der Waals surface area contributed by atoms with Gasteiger partial charge >= 0.3 is 0 Å². The predicted octanol–water partition coefficient (Wildman–Crippen LogP) is 2.98. The summed E-state index contributed by atoms with van der Waals surface area (Å²) in [5.41, 5.74) is 9.34. The van der Waals surface area contributed by atoms with Gasteiger partial charge in [0.15, 0.2) is 0 Å². The van der Waals surface area contributed by atoms with E-state index in [2.05, 4.69) is 40.3 Å². The minimum absolute atomic E-state index is 0.266. The molecule has 3 N–H and O–H groups in total. The monoisotopic (exact) mass is 327 g/mol. The van der Waals surface area contributed by atoms with Crippen molar-refractivity contribution in [3.05, 3.63) is 52.5 Å². The van der Waals surface area contributed by atoms with Crippen LogP contribution in [0.25, 0.3) is 0 Å². The number of quaternary nitrogens is 1. The van der Waals surface area contributed by atoms with Gasteiger partial charge in [0.05, 0.1) is 11.6 Å². The van der Waals surface area contributed by atoms with Gasteiger partial charge in [-0.1, -0.05) is 29.7 Å². The first-order chi connectivity index (χ1) is 11.1. The highest BCUT2D eigenvalue weighted by atomic mass is 35.5. The van der Waals surface area contributed by atoms with Crippen LogP contribution < -0.4 is 5.32 Å². The molecule has 4 nitrogen and oxygen atoms in total. The largest absolute Gasteiger partial charge is 0.336 e. The Bertz CT molecular complexity index is 722. The van der Waals surface area contributed by atoms with E-state index < -0.39 is 0 Å². The van der Waals surface area contributed by atoms with Crippen LogP contribution in [0.4, 0.5) is 0 Å². The van der Waals surface area contributed by atoms with Crippen LogP contribution in [-0.4, -0.2) is 17.1 Å². The Kier molecular flexibility index (Phi) is 4.61. The van der Waals surface area contributed by atoms with Gasteiger partial charge in [-0.2, -0.15) is 5.11 Å². The molecule has 1 heterocycles. The molecule has 1 unspecified atom stereocenters. The van der Waals surface area contributed by atoms with E-state index in [-0.39, 0.29) is 5.54 Å². The van der Waals surface area contributed by atoms with E-state index in [1.165, 1.54) is 12.8 Å². The number of rotatable bonds is 4. The Morgan fingerprint density at radius 3 is 2.91 bits per heavy atom. The molecular weight excluding hydrogens is 308 g/mol. The third kappa shape index (κ3) is 3.69. The van der Waals surface area contributed by atoms with Gasteiger partial charge in [0.1, 0.15) is 16.9 Å². The van der Waals surface area contributed by atoms with E-state index in [0.717, 1.165) is 24.5 Å². The van der Waals surface area contributed by atoms with Gasteiger partial charge in [-0.05, 0) is 37.8 Å². The number of nitrogens with two attached hydrogens (primary N) is 1. The van der Waals surface area contributed by atoms with Crippen molar-refractivity contribution in [1.82, 2.24) is 4.98 Å². The lowest BCUT2D eigenvalue weighted by Crippen LogP contribution is -2.97. The number of pyridine rings is 1. The number of hydrogen-bond acceptors (Lipinski definition) is 3. The maximum absolute atomic E-state index is 7.55. The van der Waals surface area contributed by atoms with E-state index in [1.807, 2.05) is 18.2 Å². The van der Waals surface area contributed by atoms with Gasteiger partial charge in [-0.25, -0.2) is 10.5 Å². The molecule has 1 atom stereocenters. The third-order valence-corrected chi connectivity index (χ3v) is 4.80. The second-order valence-corrected chi connectivity index (χ2v) is 6.74. The predicted molar refractivity (Wildman–Crippen MR) is 89.8 cm³/mol. The molecule has 1 aromatic heterocycles. The van der Waals surface area contributed by atoms with Gasteiger partial charge in [0, 0.05) is 24.1 Å². The standard InChI is InChI=1S/C18H19ClN4/c1-18(22-12-13-5-6-13)10-9-14(16(19)17(18)23-20)7-8-15-4-2-3-11-21-15/h2-4,9,11,13,20,22H,5-6,10,12H2,1H3/p+1. The average Bonchev–Trinajstić information content (AvgIpc) is 3.38. The lowest BCUT2D eigenvalue weighted by atomic mass is 9.86. The number of nitrogens with zero attached hydrogens (tertiary/aromatic N) is 2. The molecule has 5 heteroatoms. The second-order valence-electron chi connectivity index (χ2n) is 6.36. The number of nitrogens with one attached hydrogen (secondary N) is 1. The topological polar surface area (TPSA) is 65.7 Å². The molecule has 1 fully saturated rings. The van der Waals surface area contributed by atoms with Gasteiger partial charge in [0.2, 0.25) is 0 Å². The smallest absolute Gasteiger partial charge is 0.143 e. The van der Waals surface area contributed by atoms with E-state index in [9.17, 15) is 0 Å². The Labute approximate surface area is 141 Å². The quantitative estimate of drug-likeness (QED) is 0.648. The Balaban J connectivity index is 1.81. The van der Waals surface area contributed by atoms with Crippen LogP contribution in [0, 0.1) is 23.3 Å². The summed E-state index contributed by atoms with van der Waals surface area (Å²) in [5, 5.41) is 6.50. The van der Waals surface area contributed by atoms with Crippen LogP contribution in [0.2, 0.25) is 0 Å². The van der Waals surface area contributed by atoms with Crippen molar-refractivity contribution in [2.45, 2.75) is 31.7 Å². The summed E-state index contributed by atoms with van der Waals surface area (Å²) in [4.78, 5) is 4.19. The van der Waals surface area contributed by atoms with Crippen LogP contribution in [0.3, 0.4) is 0 Å². The average molecular weight is 328 g/mol. The van der Waals surface area contributed by atoms with Crippen LogP contribution in [-0.2, 0) is 0 Å². The molecule has 0 spiro atoms. The first kappa shape index (κ1) is 15.9. The number of halogens is 1. The summed E-state index contributed by atoms with van der Waals surface area (Å²) in [5.74, 6) is 6.90. The Morgan fingerprint density at radius 1 is 1.43 bits per heavy atom. The molecule has 23 heavy (non-hydrogen) atoms. The van der Waals surface area contributed by atoms with Crippen molar-refractivity contribution >= 4 is 11.6 Å². The fraction of sp³-hybridized carbons (Fsp3) is 0.389. The zero-order valence-electron chi connectivity index (χ0n) is 13.1. The number of aromatic nitrogens is 1. The normalized spacial score (nSPS) is 23.8. The maximum Gasteiger partial charge on any atom is 0.143 e. The van der Waals surface area contributed by atoms with Crippen molar-refractivity contribution in [3.63, 3.8) is 0 Å². The molecule has 0 saturated heterocycles. The summed E-state index contributed by atoms with van der Waals surface area (Å²) in [6.45, 7) is 3.17. The minimum Gasteiger partial charge on any atom is -0.336 e. The zero-order chi connectivity index (χ0) is 16.3. The molecule has 118 valence electrons. The third-order valence-electron chi connectivity index (χ3n) is 4.42. The van der Waals surface area contributed by atoms with Crippen molar-refractivity contribution in [2.75, 3.05) is 6.54 Å². The molecule has 1 saturated carbocycles. The van der Waals surface area contributed by atoms with Gasteiger partial charge < -0.3 is 5.32 Å². The summed E-state index contributed by atoms with van der Waals surface area (Å²) < 4.78 is 0. The van der Waals surface area contributed by atoms with E-state index in [1.54, 1.807) is 6.20 Å². The number of allylic oxidation sites excluding steroid dienone is 2. The molecule has 1 aromatic rings. The number of hydrogen-bond donors (Lipinski definition) is 2. The highest BCUT2D eigenvalue weighted by molar-refractivity contribution is 6.33. The molecule has 2 aliphatic carbocycles. The van der Waals surface area contributed by atoms with Gasteiger partial charge in [-0.3, -0.25) is 0 Å². The van der Waals surface area contributed by atoms with Crippen molar-refractivity contribution in [3.8, 4) is 11.8 Å². The van der Waals surface area contributed by atoms with Crippen LogP contribution in [0.15, 0.2) is 51.9 Å². The molecule has 0 bridgehead atoms. The summed E-state index contributed by atoms with van der Waals surface area (Å²) >= 11 is 6.49. The minimum atomic E-state index is -0.266. The highest BCUT2D eigenvalue weighted by Crippen LogP contribution is 2.34. The molecular formula is C18H20ClN4+. The summed E-state index contributed by atoms with van der Waals surface area (Å²) in [6, 6.07) is 5.62. The fourth-order valence-electron chi connectivity index (χ4n) is 2.69. The van der Waals surface area contributed by atoms with Crippen molar-refractivity contribution in [1.29, 1.82) is 5.53 Å². The molecule has 0 aliphatic heterocycles. The highest BCUT2D eigenvalue weighted by Gasteiger charge is 2.39. The van der Waals surface area contributed by atoms with Gasteiger partial charge in [0.25, 0.3) is 0 Å². The Hall–Kier alpha value is -1.96. The van der Waals surface area contributed by atoms with Crippen LogP contribution in [0.5, 0.6) is 0 Å². The molecule has 0 aromatic carbocycles.